The third-order valence-corrected chi connectivity index (χ3v) is 4.35. The second-order valence-corrected chi connectivity index (χ2v) is 8.11. The molecule has 0 radical (unpaired) electrons. The molecule has 7 heteroatoms. The average molecular weight is 402 g/mol. The number of carbonyl (C=O) groups is 3. The molecule has 3 N–H and O–H groups in total. The van der Waals surface area contributed by atoms with Crippen LogP contribution in [0.2, 0.25) is 0 Å². The van der Waals surface area contributed by atoms with E-state index in [1.165, 1.54) is 5.57 Å². The second-order valence-electron chi connectivity index (χ2n) is 8.11. The lowest BCUT2D eigenvalue weighted by Gasteiger charge is -2.19. The van der Waals surface area contributed by atoms with E-state index in [0.29, 0.717) is 5.69 Å². The number of ether oxygens (including phenoxy) is 1. The first kappa shape index (κ1) is 22.5. The minimum atomic E-state index is -0.575. The van der Waals surface area contributed by atoms with Gasteiger partial charge in [0.25, 0.3) is 0 Å². The fourth-order valence-electron chi connectivity index (χ4n) is 3.00. The number of nitrogens with one attached hydrogen (secondary N) is 3. The molecule has 1 fully saturated rings. The van der Waals surface area contributed by atoms with Gasteiger partial charge in [-0.3, -0.25) is 9.59 Å². The van der Waals surface area contributed by atoms with Crippen molar-refractivity contribution in [3.8, 4) is 0 Å². The number of allylic oxidation sites excluding steroid dienone is 1. The van der Waals surface area contributed by atoms with Crippen LogP contribution in [0.15, 0.2) is 35.9 Å². The van der Waals surface area contributed by atoms with Crippen LogP contribution >= 0.6 is 0 Å². The summed E-state index contributed by atoms with van der Waals surface area (Å²) in [6.45, 7) is 5.81. The van der Waals surface area contributed by atoms with Crippen molar-refractivity contribution in [3.05, 3.63) is 41.5 Å². The highest BCUT2D eigenvalue weighted by atomic mass is 16.6. The van der Waals surface area contributed by atoms with Crippen molar-refractivity contribution in [3.63, 3.8) is 0 Å². The van der Waals surface area contributed by atoms with Gasteiger partial charge < -0.3 is 20.7 Å². The SMILES string of the molecule is CC(C)(C)OC(=O)NCCC(=O)NCc1ccccc1NC(=O)C=C1CCCC1. The highest BCUT2D eigenvalue weighted by molar-refractivity contribution is 6.00. The summed E-state index contributed by atoms with van der Waals surface area (Å²) in [6, 6.07) is 7.37. The summed E-state index contributed by atoms with van der Waals surface area (Å²) in [5, 5.41) is 8.27. The number of hydrogen-bond acceptors (Lipinski definition) is 4. The van der Waals surface area contributed by atoms with Crippen molar-refractivity contribution in [2.45, 2.75) is 65.0 Å². The Morgan fingerprint density at radius 3 is 2.45 bits per heavy atom. The maximum atomic E-state index is 12.2. The number of alkyl carbamates (subject to hydrolysis) is 1. The van der Waals surface area contributed by atoms with E-state index >= 15 is 0 Å². The van der Waals surface area contributed by atoms with Crippen LogP contribution in [0.4, 0.5) is 10.5 Å². The van der Waals surface area contributed by atoms with Crippen molar-refractivity contribution in [1.82, 2.24) is 10.6 Å². The largest absolute Gasteiger partial charge is 0.444 e. The van der Waals surface area contributed by atoms with Crippen LogP contribution in [0, 0.1) is 0 Å². The number of benzene rings is 1. The molecule has 1 aliphatic rings. The van der Waals surface area contributed by atoms with Gasteiger partial charge >= 0.3 is 6.09 Å². The Balaban J connectivity index is 1.78. The van der Waals surface area contributed by atoms with Gasteiger partial charge in [-0.2, -0.15) is 0 Å². The monoisotopic (exact) mass is 401 g/mol. The van der Waals surface area contributed by atoms with Crippen LogP contribution in [0.5, 0.6) is 0 Å². The average Bonchev–Trinajstić information content (AvgIpc) is 3.12. The zero-order valence-corrected chi connectivity index (χ0v) is 17.5. The Labute approximate surface area is 172 Å². The van der Waals surface area contributed by atoms with Crippen molar-refractivity contribution in [1.29, 1.82) is 0 Å². The van der Waals surface area contributed by atoms with Crippen LogP contribution in [0.3, 0.4) is 0 Å². The highest BCUT2D eigenvalue weighted by Crippen LogP contribution is 2.24. The topological polar surface area (TPSA) is 96.5 Å². The molecular formula is C22H31N3O4. The first-order valence-electron chi connectivity index (χ1n) is 10.0. The lowest BCUT2D eigenvalue weighted by molar-refractivity contribution is -0.121. The van der Waals surface area contributed by atoms with Crippen LogP contribution in [-0.2, 0) is 20.9 Å². The normalized spacial score (nSPS) is 13.6. The Bertz CT molecular complexity index is 758. The van der Waals surface area contributed by atoms with Crippen LogP contribution < -0.4 is 16.0 Å². The third kappa shape index (κ3) is 8.81. The van der Waals surface area contributed by atoms with E-state index in [1.54, 1.807) is 26.8 Å². The van der Waals surface area contributed by atoms with E-state index in [0.717, 1.165) is 31.2 Å². The predicted octanol–water partition coefficient (Wildman–Crippen LogP) is 3.66. The number of carbonyl (C=O) groups excluding carboxylic acids is 3. The van der Waals surface area contributed by atoms with Crippen LogP contribution in [0.25, 0.3) is 0 Å². The molecular weight excluding hydrogens is 370 g/mol. The molecule has 1 aromatic rings. The number of rotatable bonds is 7. The summed E-state index contributed by atoms with van der Waals surface area (Å²) < 4.78 is 5.12. The summed E-state index contributed by atoms with van der Waals surface area (Å²) in [5.41, 5.74) is 2.11. The van der Waals surface area contributed by atoms with Crippen molar-refractivity contribution < 1.29 is 19.1 Å². The number of anilines is 1. The highest BCUT2D eigenvalue weighted by Gasteiger charge is 2.16. The Hall–Kier alpha value is -2.83. The lowest BCUT2D eigenvalue weighted by atomic mass is 10.1. The van der Waals surface area contributed by atoms with Gasteiger partial charge in [0.15, 0.2) is 0 Å². The van der Waals surface area contributed by atoms with E-state index in [-0.39, 0.29) is 31.3 Å². The second kappa shape index (κ2) is 10.6. The summed E-state index contributed by atoms with van der Waals surface area (Å²) in [7, 11) is 0. The molecule has 0 atom stereocenters. The molecule has 29 heavy (non-hydrogen) atoms. The quantitative estimate of drug-likeness (QED) is 0.608. The number of amides is 3. The molecule has 1 aromatic carbocycles. The first-order valence-corrected chi connectivity index (χ1v) is 10.0. The fourth-order valence-corrected chi connectivity index (χ4v) is 3.00. The maximum Gasteiger partial charge on any atom is 0.407 e. The van der Waals surface area contributed by atoms with E-state index in [2.05, 4.69) is 16.0 Å². The molecule has 1 aliphatic carbocycles. The van der Waals surface area contributed by atoms with Crippen LogP contribution in [-0.4, -0.2) is 30.1 Å². The Morgan fingerprint density at radius 2 is 1.76 bits per heavy atom. The molecule has 0 saturated heterocycles. The maximum absolute atomic E-state index is 12.2. The molecule has 3 amide bonds. The predicted molar refractivity (Wildman–Crippen MR) is 112 cm³/mol. The molecule has 0 bridgehead atoms. The van der Waals surface area contributed by atoms with Crippen molar-refractivity contribution in [2.75, 3.05) is 11.9 Å². The summed E-state index contributed by atoms with van der Waals surface area (Å²) in [6.07, 6.45) is 5.54. The summed E-state index contributed by atoms with van der Waals surface area (Å²) in [5.74, 6) is -0.336. The molecule has 158 valence electrons. The molecule has 7 nitrogen and oxygen atoms in total. The smallest absolute Gasteiger partial charge is 0.407 e. The third-order valence-electron chi connectivity index (χ3n) is 4.35. The molecule has 1 saturated carbocycles. The fraction of sp³-hybridized carbons (Fsp3) is 0.500. The lowest BCUT2D eigenvalue weighted by Crippen LogP contribution is -2.35. The van der Waals surface area contributed by atoms with Crippen molar-refractivity contribution >= 4 is 23.6 Å². The van der Waals surface area contributed by atoms with Crippen molar-refractivity contribution in [2.24, 2.45) is 0 Å². The zero-order chi connectivity index (χ0) is 21.3. The number of hydrogen-bond donors (Lipinski definition) is 3. The molecule has 2 rings (SSSR count). The van der Waals surface area contributed by atoms with E-state index in [4.69, 9.17) is 4.74 Å². The van der Waals surface area contributed by atoms with E-state index in [1.807, 2.05) is 24.3 Å². The Morgan fingerprint density at radius 1 is 1.07 bits per heavy atom. The minimum Gasteiger partial charge on any atom is -0.444 e. The van der Waals surface area contributed by atoms with E-state index in [9.17, 15) is 14.4 Å². The van der Waals surface area contributed by atoms with Gasteiger partial charge in [0.2, 0.25) is 11.8 Å². The van der Waals surface area contributed by atoms with Gasteiger partial charge in [0.1, 0.15) is 5.60 Å². The molecule has 0 heterocycles. The van der Waals surface area contributed by atoms with Gasteiger partial charge in [-0.1, -0.05) is 23.8 Å². The van der Waals surface area contributed by atoms with Crippen LogP contribution in [0.1, 0.15) is 58.4 Å². The molecule has 0 aliphatic heterocycles. The van der Waals surface area contributed by atoms with Gasteiger partial charge in [-0.15, -0.1) is 0 Å². The standard InChI is InChI=1S/C22H31N3O4/c1-22(2,3)29-21(28)23-13-12-19(26)24-15-17-10-6-7-11-18(17)25-20(27)14-16-8-4-5-9-16/h6-7,10-11,14H,4-5,8-9,12-13,15H2,1-3H3,(H,23,28)(H,24,26)(H,25,27). The zero-order valence-electron chi connectivity index (χ0n) is 17.5. The first-order chi connectivity index (χ1) is 13.7. The van der Waals surface area contributed by atoms with Gasteiger partial charge in [-0.05, 0) is 58.1 Å². The minimum absolute atomic E-state index is 0.137. The molecule has 0 aromatic heterocycles. The Kier molecular flexibility index (Phi) is 8.24. The number of para-hydroxylation sites is 1. The van der Waals surface area contributed by atoms with Gasteiger partial charge in [0, 0.05) is 31.3 Å². The molecule has 0 spiro atoms. The summed E-state index contributed by atoms with van der Waals surface area (Å²) in [4.78, 5) is 35.9. The summed E-state index contributed by atoms with van der Waals surface area (Å²) >= 11 is 0. The van der Waals surface area contributed by atoms with Gasteiger partial charge in [0.05, 0.1) is 0 Å². The van der Waals surface area contributed by atoms with Gasteiger partial charge in [-0.25, -0.2) is 4.79 Å². The van der Waals surface area contributed by atoms with E-state index < -0.39 is 11.7 Å². The molecule has 0 unspecified atom stereocenters.